The van der Waals surface area contributed by atoms with Crippen molar-refractivity contribution < 1.29 is 17.2 Å². The molecule has 0 N–H and O–H groups in total. The van der Waals surface area contributed by atoms with Gasteiger partial charge in [0, 0.05) is 0 Å². The van der Waals surface area contributed by atoms with E-state index in [-0.39, 0.29) is 4.90 Å². The molecule has 0 aliphatic heterocycles. The maximum atomic E-state index is 12.7. The second kappa shape index (κ2) is 3.65. The predicted octanol–water partition coefficient (Wildman–Crippen LogP) is 2.15. The average molecular weight is 220 g/mol. The molecule has 1 rings (SSSR count). The van der Waals surface area contributed by atoms with Crippen LogP contribution in [0.3, 0.4) is 0 Å². The van der Waals surface area contributed by atoms with Crippen molar-refractivity contribution in [2.24, 2.45) is 0 Å². The standard InChI is InChI=1S/C9H10F2O2S/c1-6(2)14(12,13)7-3-4-8(10)9(11)5-7/h3-6H,1-2H3. The minimum absolute atomic E-state index is 0.189. The van der Waals surface area contributed by atoms with Crippen LogP contribution in [-0.4, -0.2) is 13.7 Å². The molecule has 0 radical (unpaired) electrons. The molecule has 1 aromatic carbocycles. The van der Waals surface area contributed by atoms with Crippen molar-refractivity contribution in [1.82, 2.24) is 0 Å². The first-order valence-corrected chi connectivity index (χ1v) is 5.59. The van der Waals surface area contributed by atoms with E-state index >= 15 is 0 Å². The maximum Gasteiger partial charge on any atom is 0.180 e. The molecule has 0 atom stereocenters. The molecular formula is C9H10F2O2S. The van der Waals surface area contributed by atoms with E-state index < -0.39 is 26.7 Å². The molecule has 0 heterocycles. The van der Waals surface area contributed by atoms with Crippen molar-refractivity contribution >= 4 is 9.84 Å². The zero-order valence-corrected chi connectivity index (χ0v) is 8.61. The molecule has 0 aliphatic rings. The molecule has 0 fully saturated rings. The number of sulfone groups is 1. The molecule has 0 spiro atoms. The van der Waals surface area contributed by atoms with Gasteiger partial charge in [0.25, 0.3) is 0 Å². The van der Waals surface area contributed by atoms with Crippen LogP contribution in [0.5, 0.6) is 0 Å². The van der Waals surface area contributed by atoms with E-state index in [0.717, 1.165) is 12.1 Å². The number of halogens is 2. The van der Waals surface area contributed by atoms with Gasteiger partial charge in [-0.1, -0.05) is 0 Å². The van der Waals surface area contributed by atoms with Gasteiger partial charge in [0.15, 0.2) is 21.5 Å². The van der Waals surface area contributed by atoms with E-state index in [0.29, 0.717) is 6.07 Å². The summed E-state index contributed by atoms with van der Waals surface area (Å²) >= 11 is 0. The van der Waals surface area contributed by atoms with Gasteiger partial charge < -0.3 is 0 Å². The van der Waals surface area contributed by atoms with Gasteiger partial charge in [-0.05, 0) is 32.0 Å². The fourth-order valence-corrected chi connectivity index (χ4v) is 2.00. The Morgan fingerprint density at radius 2 is 1.71 bits per heavy atom. The molecule has 0 aromatic heterocycles. The largest absolute Gasteiger partial charge is 0.223 e. The second-order valence-corrected chi connectivity index (χ2v) is 5.67. The Labute approximate surface area is 81.5 Å². The monoisotopic (exact) mass is 220 g/mol. The van der Waals surface area contributed by atoms with Crippen LogP contribution in [0, 0.1) is 11.6 Å². The van der Waals surface area contributed by atoms with Gasteiger partial charge in [0.05, 0.1) is 10.1 Å². The van der Waals surface area contributed by atoms with Crippen molar-refractivity contribution in [3.05, 3.63) is 29.8 Å². The molecule has 14 heavy (non-hydrogen) atoms. The first kappa shape index (κ1) is 11.1. The lowest BCUT2D eigenvalue weighted by molar-refractivity contribution is 0.504. The molecule has 78 valence electrons. The van der Waals surface area contributed by atoms with Crippen molar-refractivity contribution in [3.8, 4) is 0 Å². The van der Waals surface area contributed by atoms with E-state index in [1.165, 1.54) is 13.8 Å². The van der Waals surface area contributed by atoms with Crippen LogP contribution in [-0.2, 0) is 9.84 Å². The van der Waals surface area contributed by atoms with Crippen molar-refractivity contribution in [2.75, 3.05) is 0 Å². The Morgan fingerprint density at radius 1 is 1.14 bits per heavy atom. The summed E-state index contributed by atoms with van der Waals surface area (Å²) in [5.41, 5.74) is 0. The topological polar surface area (TPSA) is 34.1 Å². The number of hydrogen-bond donors (Lipinski definition) is 0. The molecule has 0 saturated heterocycles. The molecule has 0 amide bonds. The third kappa shape index (κ3) is 1.92. The normalized spacial score (nSPS) is 12.1. The molecule has 0 aliphatic carbocycles. The number of hydrogen-bond acceptors (Lipinski definition) is 2. The summed E-state index contributed by atoms with van der Waals surface area (Å²) in [6.07, 6.45) is 0. The van der Waals surface area contributed by atoms with E-state index in [1.54, 1.807) is 0 Å². The minimum Gasteiger partial charge on any atom is -0.223 e. The zero-order chi connectivity index (χ0) is 10.9. The first-order chi connectivity index (χ1) is 6.35. The predicted molar refractivity (Wildman–Crippen MR) is 48.7 cm³/mol. The Kier molecular flexibility index (Phi) is 2.89. The minimum atomic E-state index is -3.52. The first-order valence-electron chi connectivity index (χ1n) is 4.04. The fraction of sp³-hybridized carbons (Fsp3) is 0.333. The Bertz CT molecular complexity index is 438. The Hall–Kier alpha value is -0.970. The summed E-state index contributed by atoms with van der Waals surface area (Å²) in [4.78, 5) is -0.189. The third-order valence-electron chi connectivity index (χ3n) is 1.84. The van der Waals surface area contributed by atoms with Gasteiger partial charge >= 0.3 is 0 Å². The van der Waals surface area contributed by atoms with Gasteiger partial charge in [-0.3, -0.25) is 0 Å². The molecule has 2 nitrogen and oxygen atoms in total. The quantitative estimate of drug-likeness (QED) is 0.715. The SMILES string of the molecule is CC(C)S(=O)(=O)c1ccc(F)c(F)c1. The summed E-state index contributed by atoms with van der Waals surface area (Å²) in [6, 6.07) is 2.57. The van der Waals surface area contributed by atoms with Crippen LogP contribution in [0.4, 0.5) is 8.78 Å². The zero-order valence-electron chi connectivity index (χ0n) is 7.79. The van der Waals surface area contributed by atoms with Gasteiger partial charge in [0.1, 0.15) is 0 Å². The van der Waals surface area contributed by atoms with E-state index in [2.05, 4.69) is 0 Å². The lowest BCUT2D eigenvalue weighted by Gasteiger charge is -2.07. The highest BCUT2D eigenvalue weighted by molar-refractivity contribution is 7.92. The Balaban J connectivity index is 3.29. The summed E-state index contributed by atoms with van der Waals surface area (Å²) in [6.45, 7) is 2.97. The molecule has 0 saturated carbocycles. The highest BCUT2D eigenvalue weighted by Gasteiger charge is 2.20. The van der Waals surface area contributed by atoms with Crippen LogP contribution >= 0.6 is 0 Å². The smallest absolute Gasteiger partial charge is 0.180 e. The highest BCUT2D eigenvalue weighted by atomic mass is 32.2. The van der Waals surface area contributed by atoms with Crippen molar-refractivity contribution in [2.45, 2.75) is 24.0 Å². The number of benzene rings is 1. The highest BCUT2D eigenvalue weighted by Crippen LogP contribution is 2.18. The van der Waals surface area contributed by atoms with Crippen LogP contribution in [0.2, 0.25) is 0 Å². The Morgan fingerprint density at radius 3 is 2.14 bits per heavy atom. The van der Waals surface area contributed by atoms with E-state index in [9.17, 15) is 17.2 Å². The summed E-state index contributed by atoms with van der Waals surface area (Å²) in [5, 5.41) is -0.646. The molecule has 1 aromatic rings. The summed E-state index contributed by atoms with van der Waals surface area (Å²) in [5.74, 6) is -2.19. The van der Waals surface area contributed by atoms with Gasteiger partial charge in [-0.25, -0.2) is 17.2 Å². The van der Waals surface area contributed by atoms with Crippen LogP contribution in [0.15, 0.2) is 23.1 Å². The third-order valence-corrected chi connectivity index (χ3v) is 3.99. The fourth-order valence-electron chi connectivity index (χ4n) is 0.926. The lowest BCUT2D eigenvalue weighted by Crippen LogP contribution is -2.14. The molecule has 5 heteroatoms. The van der Waals surface area contributed by atoms with Crippen molar-refractivity contribution in [1.29, 1.82) is 0 Å². The van der Waals surface area contributed by atoms with E-state index in [4.69, 9.17) is 0 Å². The summed E-state index contributed by atoms with van der Waals surface area (Å²) in [7, 11) is -3.52. The van der Waals surface area contributed by atoms with E-state index in [1.807, 2.05) is 0 Å². The molecular weight excluding hydrogens is 210 g/mol. The second-order valence-electron chi connectivity index (χ2n) is 3.17. The lowest BCUT2D eigenvalue weighted by atomic mass is 10.3. The van der Waals surface area contributed by atoms with Crippen LogP contribution in [0.25, 0.3) is 0 Å². The van der Waals surface area contributed by atoms with Gasteiger partial charge in [-0.2, -0.15) is 0 Å². The van der Waals surface area contributed by atoms with Crippen molar-refractivity contribution in [3.63, 3.8) is 0 Å². The number of rotatable bonds is 2. The average Bonchev–Trinajstić information content (AvgIpc) is 2.09. The van der Waals surface area contributed by atoms with Crippen LogP contribution in [0.1, 0.15) is 13.8 Å². The van der Waals surface area contributed by atoms with Gasteiger partial charge in [0.2, 0.25) is 0 Å². The van der Waals surface area contributed by atoms with Crippen LogP contribution < -0.4 is 0 Å². The summed E-state index contributed by atoms with van der Waals surface area (Å²) < 4.78 is 48.3. The molecule has 0 unspecified atom stereocenters. The molecule has 0 bridgehead atoms. The van der Waals surface area contributed by atoms with Gasteiger partial charge in [-0.15, -0.1) is 0 Å². The maximum absolute atomic E-state index is 12.7.